The standard InChI is InChI=1S/C28H58S/c1-27(2,3)23-19-15-11-7-9-13-17-21-25-29-26-22-18-14-10-8-12-16-20-24-28(4,5)6/h7-26H2,1-6H3. The van der Waals surface area contributed by atoms with Crippen LogP contribution in [0.3, 0.4) is 0 Å². The summed E-state index contributed by atoms with van der Waals surface area (Å²) in [5, 5.41) is 0. The molecule has 0 unspecified atom stereocenters. The van der Waals surface area contributed by atoms with Crippen molar-refractivity contribution in [3.63, 3.8) is 0 Å². The second kappa shape index (κ2) is 19.1. The molecular weight excluding hydrogens is 368 g/mol. The van der Waals surface area contributed by atoms with Crippen LogP contribution in [0, 0.1) is 10.8 Å². The average molecular weight is 427 g/mol. The first-order valence-corrected chi connectivity index (χ1v) is 14.4. The lowest BCUT2D eigenvalue weighted by Gasteiger charge is -2.17. The molecule has 0 aliphatic heterocycles. The Kier molecular flexibility index (Phi) is 19.3. The van der Waals surface area contributed by atoms with Crippen molar-refractivity contribution in [3.8, 4) is 0 Å². The van der Waals surface area contributed by atoms with Crippen molar-refractivity contribution in [1.82, 2.24) is 0 Å². The summed E-state index contributed by atoms with van der Waals surface area (Å²) >= 11 is 2.21. The molecule has 0 N–H and O–H groups in total. The maximum Gasteiger partial charge on any atom is -0.00675 e. The molecule has 0 amide bonds. The van der Waals surface area contributed by atoms with Gasteiger partial charge in [-0.3, -0.25) is 0 Å². The summed E-state index contributed by atoms with van der Waals surface area (Å²) in [4.78, 5) is 0. The molecule has 0 saturated heterocycles. The van der Waals surface area contributed by atoms with Gasteiger partial charge in [0.05, 0.1) is 0 Å². The highest BCUT2D eigenvalue weighted by atomic mass is 32.2. The van der Waals surface area contributed by atoms with Crippen LogP contribution in [-0.2, 0) is 0 Å². The number of unbranched alkanes of at least 4 members (excludes halogenated alkanes) is 14. The van der Waals surface area contributed by atoms with Crippen LogP contribution in [-0.4, -0.2) is 11.5 Å². The zero-order chi connectivity index (χ0) is 21.8. The molecule has 0 spiro atoms. The van der Waals surface area contributed by atoms with E-state index in [-0.39, 0.29) is 0 Å². The Morgan fingerprint density at radius 2 is 0.586 bits per heavy atom. The van der Waals surface area contributed by atoms with Crippen LogP contribution >= 0.6 is 11.8 Å². The lowest BCUT2D eigenvalue weighted by molar-refractivity contribution is 0.356. The van der Waals surface area contributed by atoms with Gasteiger partial charge in [-0.25, -0.2) is 0 Å². The average Bonchev–Trinajstić information content (AvgIpc) is 2.61. The Hall–Kier alpha value is 0.350. The van der Waals surface area contributed by atoms with Gasteiger partial charge in [-0.05, 0) is 48.0 Å². The van der Waals surface area contributed by atoms with Crippen molar-refractivity contribution in [3.05, 3.63) is 0 Å². The van der Waals surface area contributed by atoms with E-state index in [4.69, 9.17) is 0 Å². The van der Waals surface area contributed by atoms with Gasteiger partial charge in [0.25, 0.3) is 0 Å². The van der Waals surface area contributed by atoms with Gasteiger partial charge in [-0.15, -0.1) is 0 Å². The normalized spacial score (nSPS) is 12.6. The molecule has 0 aromatic carbocycles. The van der Waals surface area contributed by atoms with Crippen LogP contribution in [0.1, 0.15) is 157 Å². The highest BCUT2D eigenvalue weighted by molar-refractivity contribution is 7.99. The van der Waals surface area contributed by atoms with Gasteiger partial charge in [0, 0.05) is 0 Å². The summed E-state index contributed by atoms with van der Waals surface area (Å²) in [5.74, 6) is 2.80. The van der Waals surface area contributed by atoms with Crippen molar-refractivity contribution >= 4 is 11.8 Å². The van der Waals surface area contributed by atoms with Gasteiger partial charge >= 0.3 is 0 Å². The first kappa shape index (κ1) is 29.4. The topological polar surface area (TPSA) is 0 Å². The van der Waals surface area contributed by atoms with E-state index in [0.717, 1.165) is 0 Å². The zero-order valence-corrected chi connectivity index (χ0v) is 22.4. The number of hydrogen-bond donors (Lipinski definition) is 0. The summed E-state index contributed by atoms with van der Waals surface area (Å²) in [6, 6.07) is 0. The minimum Gasteiger partial charge on any atom is -0.162 e. The fourth-order valence-corrected chi connectivity index (χ4v) is 4.96. The van der Waals surface area contributed by atoms with Crippen LogP contribution in [0.5, 0.6) is 0 Å². The fourth-order valence-electron chi connectivity index (χ4n) is 3.94. The molecule has 0 aliphatic rings. The largest absolute Gasteiger partial charge is 0.162 e. The predicted molar refractivity (Wildman–Crippen MR) is 139 cm³/mol. The molecular formula is C28H58S. The molecule has 0 bridgehead atoms. The van der Waals surface area contributed by atoms with Crippen LogP contribution < -0.4 is 0 Å². The van der Waals surface area contributed by atoms with Crippen LogP contribution in [0.25, 0.3) is 0 Å². The predicted octanol–water partition coefficient (Wildman–Crippen LogP) is 10.8. The molecule has 0 atom stereocenters. The van der Waals surface area contributed by atoms with E-state index in [1.807, 2.05) is 0 Å². The quantitative estimate of drug-likeness (QED) is 0.174. The van der Waals surface area contributed by atoms with E-state index in [1.54, 1.807) is 0 Å². The summed E-state index contributed by atoms with van der Waals surface area (Å²) in [6.45, 7) is 14.2. The van der Waals surface area contributed by atoms with Gasteiger partial charge < -0.3 is 0 Å². The third-order valence-electron chi connectivity index (χ3n) is 5.93. The fraction of sp³-hybridized carbons (Fsp3) is 1.00. The molecule has 0 nitrogen and oxygen atoms in total. The molecule has 0 aromatic rings. The molecule has 1 heteroatoms. The Labute approximate surface area is 191 Å². The third kappa shape index (κ3) is 28.4. The molecule has 29 heavy (non-hydrogen) atoms. The molecule has 0 heterocycles. The van der Waals surface area contributed by atoms with Crippen molar-refractivity contribution < 1.29 is 0 Å². The Bertz CT molecular complexity index is 288. The molecule has 176 valence electrons. The molecule has 0 aromatic heterocycles. The zero-order valence-electron chi connectivity index (χ0n) is 21.6. The van der Waals surface area contributed by atoms with Gasteiger partial charge in [-0.1, -0.05) is 131 Å². The molecule has 0 rings (SSSR count). The first-order valence-electron chi connectivity index (χ1n) is 13.3. The summed E-state index contributed by atoms with van der Waals surface area (Å²) in [7, 11) is 0. The highest BCUT2D eigenvalue weighted by Crippen LogP contribution is 2.23. The lowest BCUT2D eigenvalue weighted by atomic mass is 9.89. The summed E-state index contributed by atoms with van der Waals surface area (Å²) < 4.78 is 0. The van der Waals surface area contributed by atoms with Gasteiger partial charge in [0.2, 0.25) is 0 Å². The van der Waals surface area contributed by atoms with Crippen molar-refractivity contribution in [2.75, 3.05) is 11.5 Å². The van der Waals surface area contributed by atoms with Crippen molar-refractivity contribution in [2.45, 2.75) is 157 Å². The van der Waals surface area contributed by atoms with E-state index in [2.05, 4.69) is 53.3 Å². The van der Waals surface area contributed by atoms with Crippen LogP contribution in [0.15, 0.2) is 0 Å². The second-order valence-corrected chi connectivity index (χ2v) is 13.1. The molecule has 0 fully saturated rings. The molecule has 0 saturated carbocycles. The Morgan fingerprint density at radius 1 is 0.345 bits per heavy atom. The number of hydrogen-bond acceptors (Lipinski definition) is 1. The maximum atomic E-state index is 2.36. The maximum absolute atomic E-state index is 2.36. The molecule has 0 radical (unpaired) electrons. The van der Waals surface area contributed by atoms with Crippen LogP contribution in [0.2, 0.25) is 0 Å². The summed E-state index contributed by atoms with van der Waals surface area (Å²) in [5.41, 5.74) is 1.06. The minimum atomic E-state index is 0.531. The third-order valence-corrected chi connectivity index (χ3v) is 7.09. The van der Waals surface area contributed by atoms with Crippen molar-refractivity contribution in [2.24, 2.45) is 10.8 Å². The first-order chi connectivity index (χ1) is 13.7. The van der Waals surface area contributed by atoms with E-state index in [1.165, 1.54) is 127 Å². The number of thioether (sulfide) groups is 1. The SMILES string of the molecule is CC(C)(C)CCCCCCCCCCSCCCCCCCCCCC(C)(C)C. The van der Waals surface area contributed by atoms with E-state index >= 15 is 0 Å². The Balaban J connectivity index is 3.07. The van der Waals surface area contributed by atoms with Gasteiger partial charge in [0.1, 0.15) is 0 Å². The monoisotopic (exact) mass is 426 g/mol. The van der Waals surface area contributed by atoms with Crippen LogP contribution in [0.4, 0.5) is 0 Å². The van der Waals surface area contributed by atoms with E-state index in [9.17, 15) is 0 Å². The van der Waals surface area contributed by atoms with E-state index < -0.39 is 0 Å². The molecule has 0 aliphatic carbocycles. The summed E-state index contributed by atoms with van der Waals surface area (Å²) in [6.07, 6.45) is 26.1. The van der Waals surface area contributed by atoms with Crippen molar-refractivity contribution in [1.29, 1.82) is 0 Å². The highest BCUT2D eigenvalue weighted by Gasteiger charge is 2.09. The van der Waals surface area contributed by atoms with Gasteiger partial charge in [0.15, 0.2) is 0 Å². The lowest BCUT2D eigenvalue weighted by Crippen LogP contribution is -2.03. The Morgan fingerprint density at radius 3 is 0.862 bits per heavy atom. The van der Waals surface area contributed by atoms with E-state index in [0.29, 0.717) is 10.8 Å². The van der Waals surface area contributed by atoms with Gasteiger partial charge in [-0.2, -0.15) is 11.8 Å². The smallest absolute Gasteiger partial charge is 0.00675 e. The minimum absolute atomic E-state index is 0.531. The second-order valence-electron chi connectivity index (χ2n) is 11.9. The number of rotatable bonds is 20.